The highest BCUT2D eigenvalue weighted by molar-refractivity contribution is 5.94. The monoisotopic (exact) mass is 246 g/mol. The van der Waals surface area contributed by atoms with E-state index in [1.807, 2.05) is 20.0 Å². The minimum absolute atomic E-state index is 0.183. The van der Waals surface area contributed by atoms with E-state index in [0.717, 1.165) is 5.69 Å². The van der Waals surface area contributed by atoms with Crippen LogP contribution in [0.15, 0.2) is 30.9 Å². The average Bonchev–Trinajstić information content (AvgIpc) is 2.78. The maximum absolute atomic E-state index is 11.0. The Balaban J connectivity index is 2.25. The van der Waals surface area contributed by atoms with Crippen molar-refractivity contribution in [1.82, 2.24) is 14.8 Å². The number of anilines is 2. The summed E-state index contributed by atoms with van der Waals surface area (Å²) in [5.74, 6) is -0.990. The van der Waals surface area contributed by atoms with Gasteiger partial charge in [0, 0.05) is 18.4 Å². The third-order valence-electron chi connectivity index (χ3n) is 2.46. The van der Waals surface area contributed by atoms with Gasteiger partial charge < -0.3 is 10.4 Å². The molecular weight excluding hydrogens is 232 g/mol. The quantitative estimate of drug-likeness (QED) is 0.865. The summed E-state index contributed by atoms with van der Waals surface area (Å²) >= 11 is 0. The molecule has 0 fully saturated rings. The molecule has 0 atom stereocenters. The third-order valence-corrected chi connectivity index (χ3v) is 2.46. The number of rotatable bonds is 4. The Hall–Kier alpha value is -2.37. The predicted octanol–water partition coefficient (Wildman–Crippen LogP) is 2.30. The lowest BCUT2D eigenvalue weighted by atomic mass is 10.2. The van der Waals surface area contributed by atoms with Crippen LogP contribution in [0.3, 0.4) is 0 Å². The van der Waals surface area contributed by atoms with Gasteiger partial charge in [-0.1, -0.05) is 0 Å². The second-order valence-corrected chi connectivity index (χ2v) is 4.15. The number of carbonyl (C=O) groups is 1. The number of carboxylic acid groups (broad SMARTS) is 1. The standard InChI is InChI=1S/C12H14N4O2/c1-8(2)16-7-9(5-14-16)15-11-6-13-4-3-10(11)12(17)18/h3-8,15H,1-2H3,(H,17,18). The summed E-state index contributed by atoms with van der Waals surface area (Å²) in [4.78, 5) is 14.9. The van der Waals surface area contributed by atoms with Crippen LogP contribution in [0.5, 0.6) is 0 Å². The molecule has 18 heavy (non-hydrogen) atoms. The first kappa shape index (κ1) is 12.1. The number of hydrogen-bond donors (Lipinski definition) is 2. The van der Waals surface area contributed by atoms with Crippen LogP contribution in [-0.2, 0) is 0 Å². The second kappa shape index (κ2) is 4.87. The number of carboxylic acids is 1. The average molecular weight is 246 g/mol. The molecule has 6 nitrogen and oxygen atoms in total. The van der Waals surface area contributed by atoms with Gasteiger partial charge in [-0.2, -0.15) is 5.10 Å². The van der Waals surface area contributed by atoms with E-state index in [1.165, 1.54) is 18.5 Å². The van der Waals surface area contributed by atoms with Crippen molar-refractivity contribution >= 4 is 17.3 Å². The minimum atomic E-state index is -0.990. The van der Waals surface area contributed by atoms with E-state index in [4.69, 9.17) is 5.11 Å². The molecule has 6 heteroatoms. The van der Waals surface area contributed by atoms with Crippen LogP contribution in [0, 0.1) is 0 Å². The van der Waals surface area contributed by atoms with Gasteiger partial charge in [0.25, 0.3) is 0 Å². The van der Waals surface area contributed by atoms with E-state index >= 15 is 0 Å². The minimum Gasteiger partial charge on any atom is -0.478 e. The molecule has 0 spiro atoms. The molecular formula is C12H14N4O2. The molecule has 0 saturated heterocycles. The molecule has 2 rings (SSSR count). The van der Waals surface area contributed by atoms with Crippen molar-refractivity contribution in [2.24, 2.45) is 0 Å². The van der Waals surface area contributed by atoms with Crippen LogP contribution < -0.4 is 5.32 Å². The molecule has 0 amide bonds. The van der Waals surface area contributed by atoms with Gasteiger partial charge in [-0.15, -0.1) is 0 Å². The summed E-state index contributed by atoms with van der Waals surface area (Å²) in [6, 6.07) is 1.71. The zero-order valence-electron chi connectivity index (χ0n) is 10.2. The highest BCUT2D eigenvalue weighted by atomic mass is 16.4. The van der Waals surface area contributed by atoms with Gasteiger partial charge in [0.05, 0.1) is 29.3 Å². The second-order valence-electron chi connectivity index (χ2n) is 4.15. The van der Waals surface area contributed by atoms with Crippen molar-refractivity contribution in [2.75, 3.05) is 5.32 Å². The van der Waals surface area contributed by atoms with Gasteiger partial charge in [-0.25, -0.2) is 4.79 Å². The lowest BCUT2D eigenvalue weighted by Crippen LogP contribution is -2.03. The molecule has 2 aromatic rings. The van der Waals surface area contributed by atoms with Crippen molar-refractivity contribution in [3.05, 3.63) is 36.4 Å². The summed E-state index contributed by atoms with van der Waals surface area (Å²) in [7, 11) is 0. The molecule has 0 aliphatic rings. The number of nitrogens with one attached hydrogen (secondary N) is 1. The number of pyridine rings is 1. The molecule has 2 heterocycles. The third kappa shape index (κ3) is 2.48. The Morgan fingerprint density at radius 1 is 1.44 bits per heavy atom. The molecule has 0 aliphatic heterocycles. The van der Waals surface area contributed by atoms with Crippen molar-refractivity contribution < 1.29 is 9.90 Å². The summed E-state index contributed by atoms with van der Waals surface area (Å²) in [5.41, 5.74) is 1.37. The fourth-order valence-corrected chi connectivity index (χ4v) is 1.52. The Kier molecular flexibility index (Phi) is 3.27. The van der Waals surface area contributed by atoms with Crippen LogP contribution >= 0.6 is 0 Å². The fraction of sp³-hybridized carbons (Fsp3) is 0.250. The van der Waals surface area contributed by atoms with Crippen LogP contribution in [0.2, 0.25) is 0 Å². The topological polar surface area (TPSA) is 80.0 Å². The Labute approximate surface area is 104 Å². The fourth-order valence-electron chi connectivity index (χ4n) is 1.52. The Morgan fingerprint density at radius 2 is 2.22 bits per heavy atom. The maximum Gasteiger partial charge on any atom is 0.337 e. The zero-order chi connectivity index (χ0) is 13.1. The van der Waals surface area contributed by atoms with Gasteiger partial charge in [-0.05, 0) is 19.9 Å². The van der Waals surface area contributed by atoms with E-state index in [1.54, 1.807) is 10.9 Å². The molecule has 94 valence electrons. The summed E-state index contributed by atoms with van der Waals surface area (Å²) in [6.45, 7) is 4.03. The van der Waals surface area contributed by atoms with Crippen LogP contribution in [0.25, 0.3) is 0 Å². The van der Waals surface area contributed by atoms with Crippen molar-refractivity contribution in [3.8, 4) is 0 Å². The molecule has 0 saturated carbocycles. The maximum atomic E-state index is 11.0. The van der Waals surface area contributed by atoms with E-state index in [2.05, 4.69) is 15.4 Å². The van der Waals surface area contributed by atoms with Crippen molar-refractivity contribution in [3.63, 3.8) is 0 Å². The van der Waals surface area contributed by atoms with E-state index in [0.29, 0.717) is 5.69 Å². The van der Waals surface area contributed by atoms with Crippen molar-refractivity contribution in [1.29, 1.82) is 0 Å². The molecule has 0 unspecified atom stereocenters. The van der Waals surface area contributed by atoms with Crippen LogP contribution in [0.4, 0.5) is 11.4 Å². The number of aromatic nitrogens is 3. The smallest absolute Gasteiger partial charge is 0.337 e. The van der Waals surface area contributed by atoms with Gasteiger partial charge in [0.15, 0.2) is 0 Å². The van der Waals surface area contributed by atoms with Gasteiger partial charge in [0.1, 0.15) is 0 Å². The SMILES string of the molecule is CC(C)n1cc(Nc2cnccc2C(=O)O)cn1. The molecule has 0 bridgehead atoms. The van der Waals surface area contributed by atoms with Crippen molar-refractivity contribution in [2.45, 2.75) is 19.9 Å². The molecule has 0 aromatic carbocycles. The Morgan fingerprint density at radius 3 is 2.83 bits per heavy atom. The van der Waals surface area contributed by atoms with E-state index < -0.39 is 5.97 Å². The first-order chi connectivity index (χ1) is 8.58. The first-order valence-electron chi connectivity index (χ1n) is 5.56. The number of nitrogens with zero attached hydrogens (tertiary/aromatic N) is 3. The zero-order valence-corrected chi connectivity index (χ0v) is 10.2. The molecule has 2 N–H and O–H groups in total. The highest BCUT2D eigenvalue weighted by Crippen LogP contribution is 2.20. The molecule has 2 aromatic heterocycles. The number of aromatic carboxylic acids is 1. The highest BCUT2D eigenvalue weighted by Gasteiger charge is 2.10. The van der Waals surface area contributed by atoms with Crippen LogP contribution in [0.1, 0.15) is 30.2 Å². The summed E-state index contributed by atoms with van der Waals surface area (Å²) in [5, 5.41) is 16.2. The summed E-state index contributed by atoms with van der Waals surface area (Å²) < 4.78 is 1.79. The first-order valence-corrected chi connectivity index (χ1v) is 5.56. The normalized spacial score (nSPS) is 10.6. The number of hydrogen-bond acceptors (Lipinski definition) is 4. The molecule has 0 radical (unpaired) electrons. The van der Waals surface area contributed by atoms with Crippen LogP contribution in [-0.4, -0.2) is 25.8 Å². The lowest BCUT2D eigenvalue weighted by Gasteiger charge is -2.06. The van der Waals surface area contributed by atoms with Gasteiger partial charge in [-0.3, -0.25) is 9.67 Å². The van der Waals surface area contributed by atoms with Gasteiger partial charge in [0.2, 0.25) is 0 Å². The Bertz CT molecular complexity index is 563. The summed E-state index contributed by atoms with van der Waals surface area (Å²) in [6.07, 6.45) is 6.41. The van der Waals surface area contributed by atoms with E-state index in [-0.39, 0.29) is 11.6 Å². The predicted molar refractivity (Wildman–Crippen MR) is 67.1 cm³/mol. The lowest BCUT2D eigenvalue weighted by molar-refractivity contribution is 0.0698. The van der Waals surface area contributed by atoms with Gasteiger partial charge >= 0.3 is 5.97 Å². The largest absolute Gasteiger partial charge is 0.478 e. The van der Waals surface area contributed by atoms with E-state index in [9.17, 15) is 4.79 Å². The molecule has 0 aliphatic carbocycles.